The molecule has 4 rings (SSSR count). The van der Waals surface area contributed by atoms with Gasteiger partial charge in [0.15, 0.2) is 5.82 Å². The fraction of sp³-hybridized carbons (Fsp3) is 0.120. The van der Waals surface area contributed by atoms with Gasteiger partial charge in [0.05, 0.1) is 5.56 Å². The van der Waals surface area contributed by atoms with Gasteiger partial charge >= 0.3 is 18.0 Å². The number of carbonyl (C=O) groups excluding carboxylic acids is 2. The van der Waals surface area contributed by atoms with Crippen molar-refractivity contribution >= 4 is 23.3 Å². The lowest BCUT2D eigenvalue weighted by atomic mass is 9.97. The van der Waals surface area contributed by atoms with Crippen LogP contribution in [-0.2, 0) is 6.18 Å². The topological polar surface area (TPSA) is 120 Å². The highest BCUT2D eigenvalue weighted by Crippen LogP contribution is 2.33. The molecule has 0 unspecified atom stereocenters. The Morgan fingerprint density at radius 1 is 0.919 bits per heavy atom. The summed E-state index contributed by atoms with van der Waals surface area (Å²) in [6.07, 6.45) is -4.55. The van der Waals surface area contributed by atoms with Crippen LogP contribution >= 0.6 is 0 Å². The number of carbonyl (C=O) groups is 2. The van der Waals surface area contributed by atoms with Gasteiger partial charge in [-0.3, -0.25) is 14.3 Å². The number of anilines is 2. The second-order valence-corrected chi connectivity index (χ2v) is 8.14. The number of benzene rings is 3. The zero-order valence-corrected chi connectivity index (χ0v) is 19.5. The lowest BCUT2D eigenvalue weighted by molar-refractivity contribution is -0.137. The molecule has 0 aliphatic carbocycles. The van der Waals surface area contributed by atoms with Crippen LogP contribution < -0.4 is 16.4 Å². The molecule has 0 radical (unpaired) electrons. The fourth-order valence-corrected chi connectivity index (χ4v) is 3.53. The maximum Gasteiger partial charge on any atom is 0.439 e. The summed E-state index contributed by atoms with van der Waals surface area (Å²) in [6, 6.07) is 15.0. The number of amides is 3. The minimum absolute atomic E-state index is 0.0441. The zero-order valence-electron chi connectivity index (χ0n) is 19.5. The maximum absolute atomic E-state index is 12.9. The van der Waals surface area contributed by atoms with Crippen LogP contribution in [0.3, 0.4) is 0 Å². The van der Waals surface area contributed by atoms with Crippen molar-refractivity contribution in [3.05, 3.63) is 88.4 Å². The molecule has 0 aliphatic heterocycles. The highest BCUT2D eigenvalue weighted by molar-refractivity contribution is 6.01. The Hall–Kier alpha value is -4.87. The van der Waals surface area contributed by atoms with Crippen LogP contribution in [-0.4, -0.2) is 41.1 Å². The highest BCUT2D eigenvalue weighted by Gasteiger charge is 2.30. The van der Waals surface area contributed by atoms with Crippen LogP contribution in [0.15, 0.2) is 76.0 Å². The zero-order chi connectivity index (χ0) is 26.7. The molecule has 3 amide bonds. The smallest absolute Gasteiger partial charge is 0.345 e. The summed E-state index contributed by atoms with van der Waals surface area (Å²) in [7, 11) is 3.29. The van der Waals surface area contributed by atoms with Crippen molar-refractivity contribution in [3.63, 3.8) is 0 Å². The van der Waals surface area contributed by atoms with E-state index in [-0.39, 0.29) is 23.1 Å². The molecule has 0 atom stereocenters. The van der Waals surface area contributed by atoms with Gasteiger partial charge in [-0.15, -0.1) is 0 Å². The number of hydrogen-bond donors (Lipinski definition) is 3. The number of H-pyrrole nitrogens is 1. The summed E-state index contributed by atoms with van der Waals surface area (Å²) >= 11 is 0. The number of hydrogen-bond acceptors (Lipinski definition) is 5. The molecule has 190 valence electrons. The summed E-state index contributed by atoms with van der Waals surface area (Å²) in [5.74, 6) is -0.858. The molecule has 12 heteroatoms. The van der Waals surface area contributed by atoms with Gasteiger partial charge in [-0.25, -0.2) is 9.59 Å². The van der Waals surface area contributed by atoms with Crippen molar-refractivity contribution in [1.82, 2.24) is 15.0 Å². The van der Waals surface area contributed by atoms with Crippen LogP contribution in [0.2, 0.25) is 0 Å². The van der Waals surface area contributed by atoms with E-state index in [1.54, 1.807) is 50.5 Å². The van der Waals surface area contributed by atoms with Crippen molar-refractivity contribution in [2.24, 2.45) is 0 Å². The van der Waals surface area contributed by atoms with E-state index >= 15 is 0 Å². The second-order valence-electron chi connectivity index (χ2n) is 8.14. The molecule has 4 aromatic rings. The van der Waals surface area contributed by atoms with E-state index in [9.17, 15) is 27.6 Å². The first-order valence-electron chi connectivity index (χ1n) is 10.8. The van der Waals surface area contributed by atoms with E-state index in [0.29, 0.717) is 22.3 Å². The first-order chi connectivity index (χ1) is 17.5. The van der Waals surface area contributed by atoms with E-state index < -0.39 is 23.5 Å². The highest BCUT2D eigenvalue weighted by atomic mass is 19.4. The number of halogens is 3. The molecule has 0 spiro atoms. The first kappa shape index (κ1) is 25.2. The van der Waals surface area contributed by atoms with Crippen molar-refractivity contribution in [2.75, 3.05) is 24.7 Å². The molecular weight excluding hydrogens is 491 g/mol. The average Bonchev–Trinajstić information content (AvgIpc) is 3.29. The molecule has 37 heavy (non-hydrogen) atoms. The van der Waals surface area contributed by atoms with Gasteiger partial charge in [-0.2, -0.15) is 13.2 Å². The van der Waals surface area contributed by atoms with Gasteiger partial charge in [0.1, 0.15) is 0 Å². The summed E-state index contributed by atoms with van der Waals surface area (Å²) < 4.78 is 43.5. The van der Waals surface area contributed by atoms with Gasteiger partial charge in [-0.1, -0.05) is 29.4 Å². The van der Waals surface area contributed by atoms with Gasteiger partial charge < -0.3 is 15.5 Å². The predicted octanol–water partition coefficient (Wildman–Crippen LogP) is 5.06. The largest absolute Gasteiger partial charge is 0.439 e. The molecular formula is C25H20F3N5O4. The number of rotatable bonds is 5. The number of alkyl halides is 3. The Morgan fingerprint density at radius 2 is 1.59 bits per heavy atom. The van der Waals surface area contributed by atoms with Gasteiger partial charge in [0.25, 0.3) is 5.91 Å². The van der Waals surface area contributed by atoms with Gasteiger partial charge in [0.2, 0.25) is 0 Å². The predicted molar refractivity (Wildman–Crippen MR) is 130 cm³/mol. The van der Waals surface area contributed by atoms with Crippen LogP contribution in [0.1, 0.15) is 15.9 Å². The third-order valence-electron chi connectivity index (χ3n) is 5.27. The number of nitrogens with one attached hydrogen (secondary N) is 3. The van der Waals surface area contributed by atoms with Gasteiger partial charge in [0, 0.05) is 36.6 Å². The Bertz CT molecular complexity index is 1510. The molecule has 0 bridgehead atoms. The lowest BCUT2D eigenvalue weighted by Crippen LogP contribution is -2.21. The monoisotopic (exact) mass is 511 g/mol. The molecule has 0 saturated heterocycles. The van der Waals surface area contributed by atoms with E-state index in [1.807, 2.05) is 0 Å². The SMILES string of the molecule is CN(C)C(=O)c1ccc(-c2ccc(NC(=O)Nc3cccc(C(F)(F)F)c3)cc2-c2noc(=O)[nH]2)cc1. The van der Waals surface area contributed by atoms with Crippen molar-refractivity contribution in [3.8, 4) is 22.5 Å². The molecule has 3 N–H and O–H groups in total. The molecule has 9 nitrogen and oxygen atoms in total. The molecule has 1 aromatic heterocycles. The minimum Gasteiger partial charge on any atom is -0.345 e. The number of aromatic nitrogens is 2. The van der Waals surface area contributed by atoms with Crippen LogP contribution in [0.4, 0.5) is 29.3 Å². The molecule has 0 fully saturated rings. The third-order valence-corrected chi connectivity index (χ3v) is 5.27. The Morgan fingerprint density at radius 3 is 2.19 bits per heavy atom. The third kappa shape index (κ3) is 5.86. The average molecular weight is 511 g/mol. The minimum atomic E-state index is -4.55. The molecule has 0 saturated carbocycles. The summed E-state index contributed by atoms with van der Waals surface area (Å²) in [5.41, 5.74) is 1.50. The lowest BCUT2D eigenvalue weighted by Gasteiger charge is -2.14. The molecule has 1 heterocycles. The quantitative estimate of drug-likeness (QED) is 0.346. The van der Waals surface area contributed by atoms with Crippen molar-refractivity contribution < 1.29 is 27.3 Å². The van der Waals surface area contributed by atoms with Crippen LogP contribution in [0, 0.1) is 0 Å². The van der Waals surface area contributed by atoms with Crippen molar-refractivity contribution in [1.29, 1.82) is 0 Å². The van der Waals surface area contributed by atoms with E-state index in [0.717, 1.165) is 12.1 Å². The number of urea groups is 1. The van der Waals surface area contributed by atoms with E-state index in [1.165, 1.54) is 23.1 Å². The number of aromatic amines is 1. The maximum atomic E-state index is 12.9. The second kappa shape index (κ2) is 10.0. The summed E-state index contributed by atoms with van der Waals surface area (Å²) in [5, 5.41) is 8.63. The van der Waals surface area contributed by atoms with E-state index in [4.69, 9.17) is 0 Å². The number of nitrogens with zero attached hydrogens (tertiary/aromatic N) is 2. The first-order valence-corrected chi connectivity index (χ1v) is 10.8. The summed E-state index contributed by atoms with van der Waals surface area (Å²) in [6.45, 7) is 0. The Labute approximate surface area is 207 Å². The molecule has 3 aromatic carbocycles. The van der Waals surface area contributed by atoms with Crippen LogP contribution in [0.25, 0.3) is 22.5 Å². The fourth-order valence-electron chi connectivity index (χ4n) is 3.53. The Balaban J connectivity index is 1.62. The van der Waals surface area contributed by atoms with E-state index in [2.05, 4.69) is 25.3 Å². The van der Waals surface area contributed by atoms with Crippen molar-refractivity contribution in [2.45, 2.75) is 6.18 Å². The molecule has 0 aliphatic rings. The standard InChI is InChI=1S/C25H20F3N5O4/c1-33(2)22(34)15-8-6-14(7-9-15)19-11-10-18(13-20(19)21-31-24(36)37-32-21)30-23(35)29-17-5-3-4-16(12-17)25(26,27)28/h3-13H,1-2H3,(H2,29,30,35)(H,31,32,36). The van der Waals surface area contributed by atoms with Gasteiger partial charge in [-0.05, 0) is 53.6 Å². The van der Waals surface area contributed by atoms with Crippen LogP contribution in [0.5, 0.6) is 0 Å². The normalized spacial score (nSPS) is 11.2. The Kier molecular flexibility index (Phi) is 6.83. The summed E-state index contributed by atoms with van der Waals surface area (Å²) in [4.78, 5) is 40.1.